The molecule has 3 nitrogen and oxygen atoms in total. The molecule has 1 aliphatic rings. The van der Waals surface area contributed by atoms with Gasteiger partial charge in [0.2, 0.25) is 0 Å². The largest absolute Gasteiger partial charge is 0.315 e. The maximum atomic E-state index is 11.8. The maximum Gasteiger partial charge on any atom is 0.147 e. The van der Waals surface area contributed by atoms with E-state index < -0.39 is 0 Å². The van der Waals surface area contributed by atoms with Crippen molar-refractivity contribution in [3.8, 4) is 0 Å². The predicted octanol–water partition coefficient (Wildman–Crippen LogP) is 1.68. The van der Waals surface area contributed by atoms with E-state index in [-0.39, 0.29) is 0 Å². The van der Waals surface area contributed by atoms with Crippen LogP contribution in [-0.4, -0.2) is 43.4 Å². The van der Waals surface area contributed by atoms with Crippen LogP contribution in [0.2, 0.25) is 0 Å². The number of carbonyl (C=O) groups excluding carboxylic acids is 1. The van der Waals surface area contributed by atoms with Crippen LogP contribution in [0.5, 0.6) is 0 Å². The molecule has 0 spiro atoms. The lowest BCUT2D eigenvalue weighted by atomic mass is 9.99. The molecule has 0 radical (unpaired) electrons. The van der Waals surface area contributed by atoms with Crippen LogP contribution in [0.3, 0.4) is 0 Å². The first kappa shape index (κ1) is 13.7. The van der Waals surface area contributed by atoms with Crippen LogP contribution >= 0.6 is 0 Å². The number of Topliss-reactive ketones (excluding diaryl/α,β-unsaturated/α-hetero) is 1. The Labute approximate surface area is 99.6 Å². The SMILES string of the molecule is CCCC(C)CC(=O)CN1CCCNCC1. The Morgan fingerprint density at radius 3 is 2.94 bits per heavy atom. The molecule has 0 aromatic carbocycles. The minimum absolute atomic E-state index is 0.419. The number of rotatable bonds is 6. The molecule has 1 unspecified atom stereocenters. The van der Waals surface area contributed by atoms with Gasteiger partial charge in [0.1, 0.15) is 5.78 Å². The van der Waals surface area contributed by atoms with E-state index in [1.807, 2.05) is 0 Å². The van der Waals surface area contributed by atoms with Crippen LogP contribution in [-0.2, 0) is 4.79 Å². The molecule has 1 saturated heterocycles. The van der Waals surface area contributed by atoms with Crippen molar-refractivity contribution in [3.63, 3.8) is 0 Å². The zero-order valence-electron chi connectivity index (χ0n) is 10.8. The number of nitrogens with zero attached hydrogens (tertiary/aromatic N) is 1. The van der Waals surface area contributed by atoms with Crippen molar-refractivity contribution in [1.82, 2.24) is 10.2 Å². The average Bonchev–Trinajstić information content (AvgIpc) is 2.46. The molecule has 0 amide bonds. The molecule has 0 aromatic heterocycles. The Balaban J connectivity index is 2.21. The third kappa shape index (κ3) is 5.61. The van der Waals surface area contributed by atoms with Gasteiger partial charge in [-0.25, -0.2) is 0 Å². The Morgan fingerprint density at radius 1 is 1.38 bits per heavy atom. The van der Waals surface area contributed by atoms with Gasteiger partial charge in [-0.05, 0) is 25.4 Å². The number of carbonyl (C=O) groups is 1. The second-order valence-electron chi connectivity index (χ2n) is 5.02. The summed E-state index contributed by atoms with van der Waals surface area (Å²) in [6.45, 7) is 9.24. The molecule has 1 fully saturated rings. The Hall–Kier alpha value is -0.410. The summed E-state index contributed by atoms with van der Waals surface area (Å²) in [5, 5.41) is 3.36. The van der Waals surface area contributed by atoms with Gasteiger partial charge in [0.05, 0.1) is 6.54 Å². The minimum Gasteiger partial charge on any atom is -0.315 e. The summed E-state index contributed by atoms with van der Waals surface area (Å²) in [6.07, 6.45) is 4.28. The molecule has 3 heteroatoms. The van der Waals surface area contributed by atoms with Crippen LogP contribution in [0.15, 0.2) is 0 Å². The molecule has 1 rings (SSSR count). The van der Waals surface area contributed by atoms with E-state index in [1.165, 1.54) is 12.8 Å². The van der Waals surface area contributed by atoms with Gasteiger partial charge in [-0.15, -0.1) is 0 Å². The van der Waals surface area contributed by atoms with Crippen molar-refractivity contribution >= 4 is 5.78 Å². The molecule has 94 valence electrons. The van der Waals surface area contributed by atoms with Crippen LogP contribution < -0.4 is 5.32 Å². The molecule has 1 N–H and O–H groups in total. The molecule has 1 atom stereocenters. The summed E-state index contributed by atoms with van der Waals surface area (Å²) in [5.41, 5.74) is 0. The number of hydrogen-bond acceptors (Lipinski definition) is 3. The highest BCUT2D eigenvalue weighted by Gasteiger charge is 2.14. The lowest BCUT2D eigenvalue weighted by Crippen LogP contribution is -2.33. The van der Waals surface area contributed by atoms with E-state index >= 15 is 0 Å². The summed E-state index contributed by atoms with van der Waals surface area (Å²) >= 11 is 0. The van der Waals surface area contributed by atoms with E-state index in [1.54, 1.807) is 0 Å². The zero-order chi connectivity index (χ0) is 11.8. The van der Waals surface area contributed by atoms with Crippen molar-refractivity contribution in [2.45, 2.75) is 39.5 Å². The summed E-state index contributed by atoms with van der Waals surface area (Å²) in [7, 11) is 0. The van der Waals surface area contributed by atoms with Gasteiger partial charge in [0, 0.05) is 19.5 Å². The first-order valence-electron chi connectivity index (χ1n) is 6.67. The fraction of sp³-hybridized carbons (Fsp3) is 0.923. The lowest BCUT2D eigenvalue weighted by molar-refractivity contribution is -0.121. The Kier molecular flexibility index (Phi) is 6.65. The van der Waals surface area contributed by atoms with Gasteiger partial charge < -0.3 is 5.32 Å². The molecule has 1 aliphatic heterocycles. The smallest absolute Gasteiger partial charge is 0.147 e. The molecular weight excluding hydrogens is 200 g/mol. The first-order chi connectivity index (χ1) is 7.72. The molecule has 0 bridgehead atoms. The highest BCUT2D eigenvalue weighted by atomic mass is 16.1. The van der Waals surface area contributed by atoms with Crippen molar-refractivity contribution in [2.75, 3.05) is 32.7 Å². The van der Waals surface area contributed by atoms with Gasteiger partial charge in [-0.3, -0.25) is 9.69 Å². The summed E-state index contributed by atoms with van der Waals surface area (Å²) in [6, 6.07) is 0. The monoisotopic (exact) mass is 226 g/mol. The van der Waals surface area contributed by atoms with Crippen molar-refractivity contribution in [3.05, 3.63) is 0 Å². The molecule has 1 heterocycles. The van der Waals surface area contributed by atoms with Gasteiger partial charge in [0.25, 0.3) is 0 Å². The highest BCUT2D eigenvalue weighted by Crippen LogP contribution is 2.10. The van der Waals surface area contributed by atoms with Crippen LogP contribution in [0.1, 0.15) is 39.5 Å². The van der Waals surface area contributed by atoms with Crippen LogP contribution in [0.4, 0.5) is 0 Å². The van der Waals surface area contributed by atoms with Crippen molar-refractivity contribution in [1.29, 1.82) is 0 Å². The predicted molar refractivity (Wildman–Crippen MR) is 67.6 cm³/mol. The number of nitrogens with one attached hydrogen (secondary N) is 1. The lowest BCUT2D eigenvalue weighted by Gasteiger charge is -2.19. The standard InChI is InChI=1S/C13H26N2O/c1-3-5-12(2)10-13(16)11-15-8-4-6-14-7-9-15/h12,14H,3-11H2,1-2H3. The van der Waals surface area contributed by atoms with Crippen LogP contribution in [0.25, 0.3) is 0 Å². The van der Waals surface area contributed by atoms with E-state index in [0.29, 0.717) is 18.2 Å². The fourth-order valence-electron chi connectivity index (χ4n) is 2.36. The van der Waals surface area contributed by atoms with Gasteiger partial charge in [-0.1, -0.05) is 26.7 Å². The van der Waals surface area contributed by atoms with Crippen molar-refractivity contribution < 1.29 is 4.79 Å². The normalized spacial score (nSPS) is 20.4. The van der Waals surface area contributed by atoms with E-state index in [9.17, 15) is 4.79 Å². The number of hydrogen-bond donors (Lipinski definition) is 1. The van der Waals surface area contributed by atoms with Gasteiger partial charge in [0.15, 0.2) is 0 Å². The van der Waals surface area contributed by atoms with Crippen LogP contribution in [0, 0.1) is 5.92 Å². The zero-order valence-corrected chi connectivity index (χ0v) is 10.8. The Bertz CT molecular complexity index is 198. The van der Waals surface area contributed by atoms with Gasteiger partial charge in [-0.2, -0.15) is 0 Å². The van der Waals surface area contributed by atoms with E-state index in [4.69, 9.17) is 0 Å². The number of ketones is 1. The topological polar surface area (TPSA) is 32.3 Å². The van der Waals surface area contributed by atoms with E-state index in [2.05, 4.69) is 24.1 Å². The highest BCUT2D eigenvalue weighted by molar-refractivity contribution is 5.80. The van der Waals surface area contributed by atoms with E-state index in [0.717, 1.165) is 39.0 Å². The maximum absolute atomic E-state index is 11.8. The van der Waals surface area contributed by atoms with Crippen molar-refractivity contribution in [2.24, 2.45) is 5.92 Å². The average molecular weight is 226 g/mol. The quantitative estimate of drug-likeness (QED) is 0.748. The first-order valence-corrected chi connectivity index (χ1v) is 6.67. The third-order valence-electron chi connectivity index (χ3n) is 3.19. The second-order valence-corrected chi connectivity index (χ2v) is 5.02. The molecule has 0 aromatic rings. The van der Waals surface area contributed by atoms with Gasteiger partial charge >= 0.3 is 0 Å². The third-order valence-corrected chi connectivity index (χ3v) is 3.19. The second kappa shape index (κ2) is 7.80. The summed E-state index contributed by atoms with van der Waals surface area (Å²) < 4.78 is 0. The molecule has 16 heavy (non-hydrogen) atoms. The summed E-state index contributed by atoms with van der Waals surface area (Å²) in [4.78, 5) is 14.1. The molecule has 0 aliphatic carbocycles. The Morgan fingerprint density at radius 2 is 2.19 bits per heavy atom. The molecular formula is C13H26N2O. The summed E-state index contributed by atoms with van der Waals surface area (Å²) in [5.74, 6) is 0.977. The minimum atomic E-state index is 0.419. The fourth-order valence-corrected chi connectivity index (χ4v) is 2.36. The molecule has 0 saturated carbocycles.